The fourth-order valence-corrected chi connectivity index (χ4v) is 1.95. The smallest absolute Gasteiger partial charge is 0.254 e. The summed E-state index contributed by atoms with van der Waals surface area (Å²) in [5.74, 6) is 1.11. The van der Waals surface area contributed by atoms with Crippen LogP contribution in [0.15, 0.2) is 12.1 Å². The Bertz CT molecular complexity index is 495. The van der Waals surface area contributed by atoms with Crippen LogP contribution in [0.5, 0.6) is 0 Å². The van der Waals surface area contributed by atoms with E-state index in [1.54, 1.807) is 0 Å². The van der Waals surface area contributed by atoms with Crippen LogP contribution in [0.4, 0.5) is 5.82 Å². The van der Waals surface area contributed by atoms with Crippen molar-refractivity contribution in [2.45, 2.75) is 59.4 Å². The number of hydrogen-bond donors (Lipinski definition) is 1. The number of aromatic nitrogens is 1. The topological polar surface area (TPSA) is 45.2 Å². The molecule has 1 heterocycles. The van der Waals surface area contributed by atoms with Gasteiger partial charge in [0.2, 0.25) is 0 Å². The van der Waals surface area contributed by atoms with Gasteiger partial charge in [0.1, 0.15) is 5.82 Å². The number of nitrogens with zero attached hydrogens (tertiary/aromatic N) is 2. The maximum Gasteiger partial charge on any atom is 0.254 e. The second-order valence-electron chi connectivity index (χ2n) is 6.38. The molecule has 0 spiro atoms. The maximum absolute atomic E-state index is 12.8. The van der Waals surface area contributed by atoms with E-state index < -0.39 is 0 Å². The molecular weight excluding hydrogens is 262 g/mol. The van der Waals surface area contributed by atoms with Crippen LogP contribution in [-0.2, 0) is 0 Å². The molecule has 0 bridgehead atoms. The quantitative estimate of drug-likeness (QED) is 0.864. The highest BCUT2D eigenvalue weighted by molar-refractivity contribution is 5.95. The molecule has 21 heavy (non-hydrogen) atoms. The zero-order chi connectivity index (χ0) is 16.2. The van der Waals surface area contributed by atoms with Gasteiger partial charge in [0.25, 0.3) is 5.91 Å². The lowest BCUT2D eigenvalue weighted by atomic mass is 9.98. The number of amides is 1. The van der Waals surface area contributed by atoms with Crippen LogP contribution >= 0.6 is 0 Å². The van der Waals surface area contributed by atoms with Gasteiger partial charge in [0.05, 0.1) is 0 Å². The Labute approximate surface area is 129 Å². The monoisotopic (exact) mass is 291 g/mol. The second-order valence-corrected chi connectivity index (χ2v) is 6.38. The van der Waals surface area contributed by atoms with Gasteiger partial charge in [0.15, 0.2) is 0 Å². The van der Waals surface area contributed by atoms with Crippen LogP contribution in [0, 0.1) is 0 Å². The highest BCUT2D eigenvalue weighted by Crippen LogP contribution is 2.23. The lowest BCUT2D eigenvalue weighted by Crippen LogP contribution is -2.44. The van der Waals surface area contributed by atoms with Crippen LogP contribution in [0.2, 0.25) is 0 Å². The molecule has 4 nitrogen and oxygen atoms in total. The van der Waals surface area contributed by atoms with Crippen LogP contribution in [0.1, 0.15) is 69.9 Å². The van der Waals surface area contributed by atoms with Crippen molar-refractivity contribution >= 4 is 11.7 Å². The average molecular weight is 291 g/mol. The summed E-state index contributed by atoms with van der Waals surface area (Å²) in [5, 5.41) is 3.21. The fraction of sp³-hybridized carbons (Fsp3) is 0.647. The van der Waals surface area contributed by atoms with E-state index in [4.69, 9.17) is 0 Å². The zero-order valence-electron chi connectivity index (χ0n) is 14.4. The number of carbonyl (C=O) groups is 1. The Morgan fingerprint density at radius 2 is 1.95 bits per heavy atom. The van der Waals surface area contributed by atoms with Crippen molar-refractivity contribution in [3.63, 3.8) is 0 Å². The van der Waals surface area contributed by atoms with Gasteiger partial charge in [-0.1, -0.05) is 20.8 Å². The standard InChI is InChI=1S/C17H29N3O/c1-8-17(5,6)20(7)16(21)13-10-14(12(3)4)19-15(11-13)18-9-2/h10-12H,8-9H2,1-7H3,(H,18,19). The molecule has 118 valence electrons. The first-order valence-corrected chi connectivity index (χ1v) is 7.77. The van der Waals surface area contributed by atoms with Crippen LogP contribution < -0.4 is 5.32 Å². The van der Waals surface area contributed by atoms with Gasteiger partial charge >= 0.3 is 0 Å². The number of nitrogens with one attached hydrogen (secondary N) is 1. The Balaban J connectivity index is 3.19. The Hall–Kier alpha value is -1.58. The van der Waals surface area contributed by atoms with Crippen LogP contribution in [0.3, 0.4) is 0 Å². The Kier molecular flexibility index (Phi) is 5.76. The summed E-state index contributed by atoms with van der Waals surface area (Å²) in [6.07, 6.45) is 0.914. The Morgan fingerprint density at radius 3 is 2.43 bits per heavy atom. The first-order valence-electron chi connectivity index (χ1n) is 7.77. The molecule has 0 saturated carbocycles. The SMILES string of the molecule is CCNc1cc(C(=O)N(C)C(C)(C)CC)cc(C(C)C)n1. The molecule has 1 aromatic heterocycles. The number of carbonyl (C=O) groups excluding carboxylic acids is 1. The minimum atomic E-state index is -0.156. The zero-order valence-corrected chi connectivity index (χ0v) is 14.4. The summed E-state index contributed by atoms with van der Waals surface area (Å²) in [6, 6.07) is 3.76. The largest absolute Gasteiger partial charge is 0.370 e. The van der Waals surface area contributed by atoms with Crippen molar-refractivity contribution in [1.29, 1.82) is 0 Å². The molecule has 0 aliphatic rings. The molecule has 0 radical (unpaired) electrons. The van der Waals surface area contributed by atoms with Gasteiger partial charge in [-0.2, -0.15) is 0 Å². The number of hydrogen-bond acceptors (Lipinski definition) is 3. The molecule has 0 aliphatic carbocycles. The minimum absolute atomic E-state index is 0.0466. The molecule has 0 saturated heterocycles. The van der Waals surface area contributed by atoms with E-state index in [1.807, 2.05) is 31.0 Å². The van der Waals surface area contributed by atoms with Gasteiger partial charge in [-0.25, -0.2) is 4.98 Å². The van der Waals surface area contributed by atoms with Crippen molar-refractivity contribution < 1.29 is 4.79 Å². The van der Waals surface area contributed by atoms with Crippen molar-refractivity contribution in [2.24, 2.45) is 0 Å². The minimum Gasteiger partial charge on any atom is -0.370 e. The predicted octanol–water partition coefficient (Wildman–Crippen LogP) is 3.90. The van der Waals surface area contributed by atoms with Crippen molar-refractivity contribution in [3.05, 3.63) is 23.4 Å². The third-order valence-corrected chi connectivity index (χ3v) is 4.12. The molecule has 1 rings (SSSR count). The summed E-state index contributed by atoms with van der Waals surface area (Å²) in [4.78, 5) is 19.1. The van der Waals surface area contributed by atoms with Gasteiger partial charge < -0.3 is 10.2 Å². The fourth-order valence-electron chi connectivity index (χ4n) is 1.95. The Morgan fingerprint density at radius 1 is 1.33 bits per heavy atom. The van der Waals surface area contributed by atoms with E-state index in [1.165, 1.54) is 0 Å². The number of rotatable bonds is 6. The van der Waals surface area contributed by atoms with Crippen molar-refractivity contribution in [2.75, 3.05) is 18.9 Å². The first-order chi connectivity index (χ1) is 9.72. The number of pyridine rings is 1. The lowest BCUT2D eigenvalue weighted by Gasteiger charge is -2.35. The summed E-state index contributed by atoms with van der Waals surface area (Å²) in [6.45, 7) is 13.3. The highest BCUT2D eigenvalue weighted by atomic mass is 16.2. The highest BCUT2D eigenvalue weighted by Gasteiger charge is 2.27. The normalized spacial score (nSPS) is 11.6. The predicted molar refractivity (Wildman–Crippen MR) is 89.0 cm³/mol. The molecule has 0 fully saturated rings. The molecule has 1 N–H and O–H groups in total. The van der Waals surface area contributed by atoms with Crippen molar-refractivity contribution in [1.82, 2.24) is 9.88 Å². The summed E-state index contributed by atoms with van der Waals surface area (Å²) >= 11 is 0. The van der Waals surface area contributed by atoms with Crippen LogP contribution in [0.25, 0.3) is 0 Å². The summed E-state index contributed by atoms with van der Waals surface area (Å²) in [5.41, 5.74) is 1.49. The van der Waals surface area contributed by atoms with E-state index >= 15 is 0 Å². The van der Waals surface area contributed by atoms with Crippen molar-refractivity contribution in [3.8, 4) is 0 Å². The third kappa shape index (κ3) is 4.19. The third-order valence-electron chi connectivity index (χ3n) is 4.12. The molecule has 1 amide bonds. The number of anilines is 1. The van der Waals surface area contributed by atoms with E-state index in [0.29, 0.717) is 11.5 Å². The summed E-state index contributed by atoms with van der Waals surface area (Å²) in [7, 11) is 1.87. The van der Waals surface area contributed by atoms with E-state index in [-0.39, 0.29) is 11.4 Å². The van der Waals surface area contributed by atoms with Gasteiger partial charge in [-0.15, -0.1) is 0 Å². The molecule has 0 aromatic carbocycles. The maximum atomic E-state index is 12.8. The van der Waals surface area contributed by atoms with E-state index in [9.17, 15) is 4.79 Å². The lowest BCUT2D eigenvalue weighted by molar-refractivity contribution is 0.0620. The summed E-state index contributed by atoms with van der Waals surface area (Å²) < 4.78 is 0. The molecule has 1 aromatic rings. The average Bonchev–Trinajstić information content (AvgIpc) is 2.45. The second kappa shape index (κ2) is 6.92. The van der Waals surface area contributed by atoms with E-state index in [0.717, 1.165) is 24.5 Å². The van der Waals surface area contributed by atoms with Gasteiger partial charge in [-0.3, -0.25) is 4.79 Å². The molecule has 0 atom stereocenters. The molecule has 0 unspecified atom stereocenters. The molecule has 4 heteroatoms. The first kappa shape index (κ1) is 17.5. The molecule has 0 aliphatic heterocycles. The van der Waals surface area contributed by atoms with Crippen LogP contribution in [-0.4, -0.2) is 34.9 Å². The van der Waals surface area contributed by atoms with Gasteiger partial charge in [0, 0.05) is 30.4 Å². The van der Waals surface area contributed by atoms with E-state index in [2.05, 4.69) is 44.9 Å². The van der Waals surface area contributed by atoms with Gasteiger partial charge in [-0.05, 0) is 45.2 Å². The molecular formula is C17H29N3O.